The van der Waals surface area contributed by atoms with E-state index in [1.165, 1.54) is 0 Å². The summed E-state index contributed by atoms with van der Waals surface area (Å²) < 4.78 is 0. The number of carbonyl (C=O) groups excluding carboxylic acids is 2. The minimum absolute atomic E-state index is 0.0499. The van der Waals surface area contributed by atoms with Crippen molar-refractivity contribution in [3.8, 4) is 0 Å². The lowest BCUT2D eigenvalue weighted by molar-refractivity contribution is -0.122. The number of nitrogens with one attached hydrogen (secondary N) is 1. The van der Waals surface area contributed by atoms with Gasteiger partial charge in [0.25, 0.3) is 0 Å². The maximum atomic E-state index is 12.6. The van der Waals surface area contributed by atoms with Crippen LogP contribution in [0, 0.1) is 26.7 Å². The van der Waals surface area contributed by atoms with E-state index >= 15 is 0 Å². The Hall–Kier alpha value is -2.33. The van der Waals surface area contributed by atoms with Crippen molar-refractivity contribution in [2.24, 2.45) is 5.92 Å². The molecule has 1 N–H and O–H groups in total. The molecule has 0 radical (unpaired) electrons. The molecule has 1 saturated heterocycles. The van der Waals surface area contributed by atoms with E-state index in [1.807, 2.05) is 51.1 Å². The number of carbonyl (C=O) groups is 2. The van der Waals surface area contributed by atoms with Crippen LogP contribution in [-0.4, -0.2) is 18.4 Å². The average Bonchev–Trinajstić information content (AvgIpc) is 2.94. The zero-order valence-electron chi connectivity index (χ0n) is 14.6. The topological polar surface area (TPSA) is 49.4 Å². The number of halogens is 1. The standard InChI is InChI=1S/C20H21ClN2O2/c1-12-7-8-17(13(2)9-12)22-20(25)15-10-19(24)23(11-15)18-6-4-5-16(21)14(18)3/h4-9,15H,10-11H2,1-3H3,(H,22,25)/t15-/m1/s1. The Morgan fingerprint density at radius 1 is 1.20 bits per heavy atom. The molecule has 0 aromatic heterocycles. The number of amides is 2. The van der Waals surface area contributed by atoms with Gasteiger partial charge in [0, 0.05) is 29.4 Å². The Bertz CT molecular complexity index is 848. The van der Waals surface area contributed by atoms with E-state index in [2.05, 4.69) is 5.32 Å². The van der Waals surface area contributed by atoms with Crippen molar-refractivity contribution in [2.75, 3.05) is 16.8 Å². The largest absolute Gasteiger partial charge is 0.326 e. The summed E-state index contributed by atoms with van der Waals surface area (Å²) in [4.78, 5) is 26.7. The molecular weight excluding hydrogens is 336 g/mol. The van der Waals surface area contributed by atoms with E-state index in [0.29, 0.717) is 11.6 Å². The molecule has 0 aliphatic carbocycles. The summed E-state index contributed by atoms with van der Waals surface area (Å²) in [5.74, 6) is -0.541. The minimum atomic E-state index is -0.369. The summed E-state index contributed by atoms with van der Waals surface area (Å²) in [6.45, 7) is 6.23. The highest BCUT2D eigenvalue weighted by Gasteiger charge is 2.36. The van der Waals surface area contributed by atoms with Crippen molar-refractivity contribution in [3.05, 3.63) is 58.1 Å². The molecule has 130 valence electrons. The fraction of sp³-hybridized carbons (Fsp3) is 0.300. The molecule has 0 saturated carbocycles. The SMILES string of the molecule is Cc1ccc(NC(=O)[C@@H]2CC(=O)N(c3cccc(Cl)c3C)C2)c(C)c1. The van der Waals surface area contributed by atoms with Crippen LogP contribution in [0.3, 0.4) is 0 Å². The average molecular weight is 357 g/mol. The van der Waals surface area contributed by atoms with Gasteiger partial charge in [0.15, 0.2) is 0 Å². The van der Waals surface area contributed by atoms with Crippen molar-refractivity contribution in [2.45, 2.75) is 27.2 Å². The van der Waals surface area contributed by atoms with Gasteiger partial charge in [-0.05, 0) is 50.1 Å². The van der Waals surface area contributed by atoms with Gasteiger partial charge >= 0.3 is 0 Å². The molecule has 1 heterocycles. The number of hydrogen-bond acceptors (Lipinski definition) is 2. The predicted molar refractivity (Wildman–Crippen MR) is 101 cm³/mol. The third-order valence-electron chi connectivity index (χ3n) is 4.67. The molecule has 25 heavy (non-hydrogen) atoms. The Labute approximate surface area is 152 Å². The summed E-state index contributed by atoms with van der Waals surface area (Å²) in [7, 11) is 0. The minimum Gasteiger partial charge on any atom is -0.326 e. The second-order valence-electron chi connectivity index (χ2n) is 6.60. The molecule has 0 spiro atoms. The predicted octanol–water partition coefficient (Wildman–Crippen LogP) is 4.26. The van der Waals surface area contributed by atoms with E-state index in [9.17, 15) is 9.59 Å². The quantitative estimate of drug-likeness (QED) is 0.893. The van der Waals surface area contributed by atoms with Crippen LogP contribution in [0.5, 0.6) is 0 Å². The van der Waals surface area contributed by atoms with Crippen LogP contribution < -0.4 is 10.2 Å². The van der Waals surface area contributed by atoms with Crippen LogP contribution in [-0.2, 0) is 9.59 Å². The molecule has 0 unspecified atom stereocenters. The highest BCUT2D eigenvalue weighted by Crippen LogP contribution is 2.32. The maximum absolute atomic E-state index is 12.6. The van der Waals surface area contributed by atoms with Crippen molar-refractivity contribution in [1.82, 2.24) is 0 Å². The lowest BCUT2D eigenvalue weighted by Gasteiger charge is -2.20. The van der Waals surface area contributed by atoms with Gasteiger partial charge in [0.1, 0.15) is 0 Å². The van der Waals surface area contributed by atoms with Gasteiger partial charge in [-0.2, -0.15) is 0 Å². The van der Waals surface area contributed by atoms with Crippen molar-refractivity contribution in [3.63, 3.8) is 0 Å². The molecule has 4 nitrogen and oxygen atoms in total. The Balaban J connectivity index is 1.75. The third kappa shape index (κ3) is 3.54. The number of rotatable bonds is 3. The Morgan fingerprint density at radius 2 is 1.96 bits per heavy atom. The normalized spacial score (nSPS) is 17.0. The molecule has 0 bridgehead atoms. The van der Waals surface area contributed by atoms with Gasteiger partial charge in [-0.15, -0.1) is 0 Å². The van der Waals surface area contributed by atoms with Gasteiger partial charge in [-0.1, -0.05) is 35.4 Å². The van der Waals surface area contributed by atoms with Crippen molar-refractivity contribution < 1.29 is 9.59 Å². The lowest BCUT2D eigenvalue weighted by atomic mass is 10.1. The van der Waals surface area contributed by atoms with Crippen molar-refractivity contribution >= 4 is 34.8 Å². The summed E-state index contributed by atoms with van der Waals surface area (Å²) >= 11 is 6.16. The fourth-order valence-electron chi connectivity index (χ4n) is 3.19. The van der Waals surface area contributed by atoms with Gasteiger partial charge in [-0.25, -0.2) is 0 Å². The monoisotopic (exact) mass is 356 g/mol. The number of nitrogens with zero attached hydrogens (tertiary/aromatic N) is 1. The summed E-state index contributed by atoms with van der Waals surface area (Å²) in [5, 5.41) is 3.57. The van der Waals surface area contributed by atoms with Gasteiger partial charge in [0.05, 0.1) is 5.92 Å². The molecule has 5 heteroatoms. The van der Waals surface area contributed by atoms with E-state index in [4.69, 9.17) is 11.6 Å². The second-order valence-corrected chi connectivity index (χ2v) is 7.00. The van der Waals surface area contributed by atoms with Crippen LogP contribution in [0.25, 0.3) is 0 Å². The van der Waals surface area contributed by atoms with Crippen LogP contribution >= 0.6 is 11.6 Å². The first kappa shape index (κ1) is 17.5. The first-order valence-corrected chi connectivity index (χ1v) is 8.68. The zero-order chi connectivity index (χ0) is 18.1. The number of aryl methyl sites for hydroxylation is 2. The second kappa shape index (κ2) is 6.89. The Kier molecular flexibility index (Phi) is 4.82. The van der Waals surface area contributed by atoms with Crippen LogP contribution in [0.4, 0.5) is 11.4 Å². The number of benzene rings is 2. The molecule has 2 aromatic carbocycles. The molecule has 3 rings (SSSR count). The summed E-state index contributed by atoms with van der Waals surface area (Å²) in [5.41, 5.74) is 4.59. The number of anilines is 2. The maximum Gasteiger partial charge on any atom is 0.229 e. The molecule has 2 amide bonds. The smallest absolute Gasteiger partial charge is 0.229 e. The molecule has 2 aromatic rings. The highest BCUT2D eigenvalue weighted by atomic mass is 35.5. The van der Waals surface area contributed by atoms with Crippen LogP contribution in [0.15, 0.2) is 36.4 Å². The van der Waals surface area contributed by atoms with Crippen molar-refractivity contribution in [1.29, 1.82) is 0 Å². The lowest BCUT2D eigenvalue weighted by Crippen LogP contribution is -2.28. The molecule has 1 fully saturated rings. The summed E-state index contributed by atoms with van der Waals surface area (Å²) in [6, 6.07) is 11.4. The molecule has 1 atom stereocenters. The third-order valence-corrected chi connectivity index (χ3v) is 5.07. The molecule has 1 aliphatic heterocycles. The first-order valence-electron chi connectivity index (χ1n) is 8.30. The first-order chi connectivity index (χ1) is 11.9. The van der Waals surface area contributed by atoms with Gasteiger partial charge < -0.3 is 10.2 Å². The molecule has 1 aliphatic rings. The zero-order valence-corrected chi connectivity index (χ0v) is 15.4. The van der Waals surface area contributed by atoms with E-state index < -0.39 is 0 Å². The van der Waals surface area contributed by atoms with Crippen LogP contribution in [0.2, 0.25) is 5.02 Å². The van der Waals surface area contributed by atoms with Gasteiger partial charge in [-0.3, -0.25) is 9.59 Å². The van der Waals surface area contributed by atoms with E-state index in [1.54, 1.807) is 11.0 Å². The summed E-state index contributed by atoms with van der Waals surface area (Å²) in [6.07, 6.45) is 0.211. The molecular formula is C20H21ClN2O2. The van der Waals surface area contributed by atoms with E-state index in [0.717, 1.165) is 28.1 Å². The number of hydrogen-bond donors (Lipinski definition) is 1. The highest BCUT2D eigenvalue weighted by molar-refractivity contribution is 6.31. The van der Waals surface area contributed by atoms with Gasteiger partial charge in [0.2, 0.25) is 11.8 Å². The van der Waals surface area contributed by atoms with Crippen LogP contribution in [0.1, 0.15) is 23.1 Å². The Morgan fingerprint density at radius 3 is 2.68 bits per heavy atom. The van der Waals surface area contributed by atoms with E-state index in [-0.39, 0.29) is 24.2 Å². The fourth-order valence-corrected chi connectivity index (χ4v) is 3.36.